The minimum absolute atomic E-state index is 0.0103. The zero-order chi connectivity index (χ0) is 20.4. The van der Waals surface area contributed by atoms with Crippen molar-refractivity contribution < 1.29 is 0 Å². The Morgan fingerprint density at radius 3 is 2.28 bits per heavy atom. The van der Waals surface area contributed by atoms with Crippen molar-refractivity contribution in [1.82, 2.24) is 9.88 Å². The first-order valence-corrected chi connectivity index (χ1v) is 10.1. The largest absolute Gasteiger partial charge is 0.337 e. The maximum atomic E-state index is 13.3. The maximum absolute atomic E-state index is 13.3. The Bertz CT molecular complexity index is 1100. The summed E-state index contributed by atoms with van der Waals surface area (Å²) in [4.78, 5) is 17.9. The summed E-state index contributed by atoms with van der Waals surface area (Å²) in [6.45, 7) is 7.42. The fraction of sp³-hybridized carbons (Fsp3) is 0.250. The highest BCUT2D eigenvalue weighted by molar-refractivity contribution is 6.05. The van der Waals surface area contributed by atoms with Crippen LogP contribution in [0.15, 0.2) is 70.5 Å². The minimum atomic E-state index is -0.208. The fourth-order valence-electron chi connectivity index (χ4n) is 3.79. The van der Waals surface area contributed by atoms with E-state index in [2.05, 4.69) is 39.9 Å². The van der Waals surface area contributed by atoms with Gasteiger partial charge >= 0.3 is 0 Å². The van der Waals surface area contributed by atoms with Crippen LogP contribution in [0, 0.1) is 0 Å². The summed E-state index contributed by atoms with van der Waals surface area (Å²) in [5.74, 6) is 0.834. The van der Waals surface area contributed by atoms with Crippen molar-refractivity contribution in [3.8, 4) is 22.3 Å². The van der Waals surface area contributed by atoms with Crippen molar-refractivity contribution >= 4 is 11.5 Å². The zero-order valence-electron chi connectivity index (χ0n) is 17.1. The van der Waals surface area contributed by atoms with Crippen LogP contribution in [-0.2, 0) is 6.54 Å². The summed E-state index contributed by atoms with van der Waals surface area (Å²) in [5, 5.41) is 6.64. The van der Waals surface area contributed by atoms with Gasteiger partial charge in [-0.2, -0.15) is 0 Å². The van der Waals surface area contributed by atoms with E-state index >= 15 is 0 Å². The summed E-state index contributed by atoms with van der Waals surface area (Å²) in [6.07, 6.45) is -0.208. The summed E-state index contributed by atoms with van der Waals surface area (Å²) < 4.78 is 1.80. The second-order valence-electron chi connectivity index (χ2n) is 7.13. The minimum Gasteiger partial charge on any atom is -0.337 e. The third-order valence-electron chi connectivity index (χ3n) is 5.29. The van der Waals surface area contributed by atoms with Crippen LogP contribution in [0.3, 0.4) is 0 Å². The van der Waals surface area contributed by atoms with E-state index in [9.17, 15) is 4.79 Å². The van der Waals surface area contributed by atoms with Crippen LogP contribution in [-0.4, -0.2) is 23.1 Å². The third kappa shape index (κ3) is 3.61. The molecule has 0 bridgehead atoms. The van der Waals surface area contributed by atoms with Gasteiger partial charge in [-0.3, -0.25) is 14.7 Å². The first-order valence-electron chi connectivity index (χ1n) is 10.1. The molecule has 1 aliphatic rings. The van der Waals surface area contributed by atoms with Gasteiger partial charge in [0.15, 0.2) is 6.29 Å². The normalized spacial score (nSPS) is 15.4. The molecule has 0 amide bonds. The Morgan fingerprint density at radius 1 is 0.966 bits per heavy atom. The number of rotatable bonds is 5. The highest BCUT2D eigenvalue weighted by Gasteiger charge is 2.23. The Labute approximate surface area is 171 Å². The molecular formula is C24H26N4O. The Kier molecular flexibility index (Phi) is 5.32. The third-order valence-corrected chi connectivity index (χ3v) is 5.29. The van der Waals surface area contributed by atoms with Crippen LogP contribution < -0.4 is 16.2 Å². The van der Waals surface area contributed by atoms with Gasteiger partial charge in [0.25, 0.3) is 5.56 Å². The van der Waals surface area contributed by atoms with Crippen LogP contribution >= 0.6 is 0 Å². The molecule has 4 rings (SSSR count). The number of aromatic nitrogens is 1. The van der Waals surface area contributed by atoms with E-state index in [1.165, 1.54) is 0 Å². The number of nitrogens with one attached hydrogen (secondary N) is 2. The summed E-state index contributed by atoms with van der Waals surface area (Å²) >= 11 is 0. The zero-order valence-corrected chi connectivity index (χ0v) is 17.1. The maximum Gasteiger partial charge on any atom is 0.260 e. The quantitative estimate of drug-likeness (QED) is 0.686. The molecule has 5 heteroatoms. The van der Waals surface area contributed by atoms with Gasteiger partial charge in [0, 0.05) is 23.4 Å². The highest BCUT2D eigenvalue weighted by Crippen LogP contribution is 2.28. The Balaban J connectivity index is 1.78. The molecule has 2 N–H and O–H groups in total. The number of hydrogen-bond donors (Lipinski definition) is 2. The van der Waals surface area contributed by atoms with E-state index in [0.717, 1.165) is 40.3 Å². The van der Waals surface area contributed by atoms with Gasteiger partial charge in [0.05, 0.1) is 0 Å². The molecule has 3 aromatic rings. The molecule has 0 radical (unpaired) electrons. The molecule has 0 fully saturated rings. The fourth-order valence-corrected chi connectivity index (χ4v) is 3.79. The lowest BCUT2D eigenvalue weighted by molar-refractivity contribution is 0.585. The molecule has 1 unspecified atom stereocenters. The first-order chi connectivity index (χ1) is 14.1. The molecule has 2 heterocycles. The van der Waals surface area contributed by atoms with Gasteiger partial charge in [0.2, 0.25) is 0 Å². The van der Waals surface area contributed by atoms with Gasteiger partial charge in [-0.1, -0.05) is 61.5 Å². The standard InChI is InChI=1S/C24H26N4O/c1-4-25-24-26-16(3)20-15-21(23(29)28(5-2)22(20)27-24)19-13-11-18(12-14-19)17-9-7-6-8-10-17/h6-15,24-25,27H,4-5H2,1-3H3. The van der Waals surface area contributed by atoms with Crippen molar-refractivity contribution in [2.45, 2.75) is 33.6 Å². The van der Waals surface area contributed by atoms with Gasteiger partial charge in [0.1, 0.15) is 5.82 Å². The number of aliphatic imine (C=N–C) groups is 1. The van der Waals surface area contributed by atoms with Crippen molar-refractivity contribution in [1.29, 1.82) is 0 Å². The molecule has 0 saturated carbocycles. The van der Waals surface area contributed by atoms with Crippen molar-refractivity contribution in [3.63, 3.8) is 0 Å². The lowest BCUT2D eigenvalue weighted by Gasteiger charge is -2.28. The molecule has 1 aromatic heterocycles. The van der Waals surface area contributed by atoms with Crippen molar-refractivity contribution in [3.05, 3.63) is 76.6 Å². The van der Waals surface area contributed by atoms with Gasteiger partial charge in [-0.05, 0) is 43.1 Å². The van der Waals surface area contributed by atoms with Crippen LogP contribution in [0.5, 0.6) is 0 Å². The van der Waals surface area contributed by atoms with Crippen LogP contribution in [0.2, 0.25) is 0 Å². The molecule has 0 aliphatic carbocycles. The first kappa shape index (κ1) is 19.2. The van der Waals surface area contributed by atoms with E-state index in [4.69, 9.17) is 0 Å². The summed E-state index contributed by atoms with van der Waals surface area (Å²) in [5.41, 5.74) is 5.82. The van der Waals surface area contributed by atoms with E-state index in [-0.39, 0.29) is 11.8 Å². The Hall–Kier alpha value is -3.18. The second-order valence-corrected chi connectivity index (χ2v) is 7.13. The lowest BCUT2D eigenvalue weighted by atomic mass is 9.99. The Morgan fingerprint density at radius 2 is 1.62 bits per heavy atom. The van der Waals surface area contributed by atoms with Crippen molar-refractivity contribution in [2.24, 2.45) is 4.99 Å². The molecule has 0 spiro atoms. The SMILES string of the molecule is CCNC1N=C(C)c2cc(-c3ccc(-c4ccccc4)cc3)c(=O)n(CC)c2N1. The molecule has 29 heavy (non-hydrogen) atoms. The van der Waals surface area contributed by atoms with Crippen LogP contribution in [0.4, 0.5) is 5.82 Å². The number of pyridine rings is 1. The van der Waals surface area contributed by atoms with Gasteiger partial charge in [-0.15, -0.1) is 0 Å². The average Bonchev–Trinajstić information content (AvgIpc) is 2.75. The number of anilines is 1. The number of nitrogens with zero attached hydrogens (tertiary/aromatic N) is 2. The smallest absolute Gasteiger partial charge is 0.260 e. The molecule has 148 valence electrons. The molecule has 5 nitrogen and oxygen atoms in total. The molecule has 2 aromatic carbocycles. The predicted octanol–water partition coefficient (Wildman–Crippen LogP) is 4.33. The number of fused-ring (bicyclic) bond motifs is 1. The van der Waals surface area contributed by atoms with Crippen LogP contribution in [0.25, 0.3) is 22.3 Å². The topological polar surface area (TPSA) is 58.4 Å². The monoisotopic (exact) mass is 386 g/mol. The predicted molar refractivity (Wildman–Crippen MR) is 121 cm³/mol. The van der Waals surface area contributed by atoms with E-state index < -0.39 is 0 Å². The second kappa shape index (κ2) is 8.05. The van der Waals surface area contributed by atoms with E-state index in [1.54, 1.807) is 4.57 Å². The van der Waals surface area contributed by atoms with E-state index in [0.29, 0.717) is 12.1 Å². The number of benzene rings is 2. The number of hydrogen-bond acceptors (Lipinski definition) is 4. The molecule has 1 aliphatic heterocycles. The molecular weight excluding hydrogens is 360 g/mol. The molecule has 0 saturated heterocycles. The highest BCUT2D eigenvalue weighted by atomic mass is 16.1. The van der Waals surface area contributed by atoms with E-state index in [1.807, 2.05) is 57.2 Å². The molecule has 1 atom stereocenters. The van der Waals surface area contributed by atoms with Gasteiger partial charge < -0.3 is 5.32 Å². The lowest BCUT2D eigenvalue weighted by Crippen LogP contribution is -2.41. The average molecular weight is 386 g/mol. The van der Waals surface area contributed by atoms with Crippen molar-refractivity contribution in [2.75, 3.05) is 11.9 Å². The summed E-state index contributed by atoms with van der Waals surface area (Å²) in [6, 6.07) is 20.4. The van der Waals surface area contributed by atoms with Gasteiger partial charge in [-0.25, -0.2) is 4.99 Å². The summed E-state index contributed by atoms with van der Waals surface area (Å²) in [7, 11) is 0. The van der Waals surface area contributed by atoms with Crippen LogP contribution in [0.1, 0.15) is 26.3 Å².